The second kappa shape index (κ2) is 7.39. The Morgan fingerprint density at radius 1 is 1.11 bits per heavy atom. The molecule has 2 unspecified atom stereocenters. The van der Waals surface area contributed by atoms with E-state index in [9.17, 15) is 9.59 Å². The summed E-state index contributed by atoms with van der Waals surface area (Å²) in [7, 11) is 0. The fraction of sp³-hybridized carbons (Fsp3) is 0.857. The summed E-state index contributed by atoms with van der Waals surface area (Å²) in [6, 6.07) is -0.614. The molecular formula is C14H26N2O2. The van der Waals surface area contributed by atoms with Crippen LogP contribution in [0, 0.1) is 0 Å². The number of unbranched alkanes of at least 4 members (excludes halogenated alkanes) is 3. The lowest BCUT2D eigenvalue weighted by Crippen LogP contribution is -2.62. The summed E-state index contributed by atoms with van der Waals surface area (Å²) in [5.74, 6) is 0.0870. The number of carbonyl (C=O) groups excluding carboxylic acids is 2. The first kappa shape index (κ1) is 15.0. The summed E-state index contributed by atoms with van der Waals surface area (Å²) < 4.78 is 0. The van der Waals surface area contributed by atoms with E-state index in [1.807, 2.05) is 6.92 Å². The monoisotopic (exact) mass is 254 g/mol. The molecule has 1 fully saturated rings. The molecule has 0 radical (unpaired) electrons. The molecule has 1 aliphatic rings. The number of nitrogens with one attached hydrogen (secondary N) is 1. The molecule has 1 N–H and O–H groups in total. The number of nitrogens with zero attached hydrogens (tertiary/aromatic N) is 1. The van der Waals surface area contributed by atoms with Crippen LogP contribution >= 0.6 is 0 Å². The maximum Gasteiger partial charge on any atom is 0.245 e. The van der Waals surface area contributed by atoms with Crippen LogP contribution in [0.1, 0.15) is 59.3 Å². The van der Waals surface area contributed by atoms with Gasteiger partial charge in [-0.2, -0.15) is 0 Å². The molecule has 0 spiro atoms. The second-order valence-electron chi connectivity index (χ2n) is 5.13. The maximum absolute atomic E-state index is 12.1. The van der Waals surface area contributed by atoms with E-state index in [1.54, 1.807) is 11.8 Å². The molecule has 0 bridgehead atoms. The van der Waals surface area contributed by atoms with Crippen LogP contribution in [0.3, 0.4) is 0 Å². The smallest absolute Gasteiger partial charge is 0.245 e. The summed E-state index contributed by atoms with van der Waals surface area (Å²) in [6.45, 7) is 6.70. The van der Waals surface area contributed by atoms with Gasteiger partial charge in [-0.05, 0) is 19.8 Å². The highest BCUT2D eigenvalue weighted by Crippen LogP contribution is 2.16. The van der Waals surface area contributed by atoms with Crippen LogP contribution in [-0.2, 0) is 9.59 Å². The van der Waals surface area contributed by atoms with Gasteiger partial charge in [-0.15, -0.1) is 0 Å². The second-order valence-corrected chi connectivity index (χ2v) is 5.13. The highest BCUT2D eigenvalue weighted by atomic mass is 16.2. The van der Waals surface area contributed by atoms with E-state index < -0.39 is 0 Å². The number of hydrogen-bond donors (Lipinski definition) is 1. The van der Waals surface area contributed by atoms with Crippen molar-refractivity contribution in [2.24, 2.45) is 0 Å². The lowest BCUT2D eigenvalue weighted by Gasteiger charge is -2.38. The Balaban J connectivity index is 2.60. The Morgan fingerprint density at radius 2 is 1.83 bits per heavy atom. The molecule has 0 aromatic carbocycles. The van der Waals surface area contributed by atoms with E-state index in [1.165, 1.54) is 12.8 Å². The highest BCUT2D eigenvalue weighted by Gasteiger charge is 2.37. The molecule has 104 valence electrons. The molecule has 1 aliphatic heterocycles. The van der Waals surface area contributed by atoms with Crippen molar-refractivity contribution in [1.82, 2.24) is 10.2 Å². The quantitative estimate of drug-likeness (QED) is 0.707. The Hall–Kier alpha value is -1.06. The normalized spacial score (nSPS) is 24.3. The van der Waals surface area contributed by atoms with Gasteiger partial charge in [0.2, 0.25) is 11.8 Å². The summed E-state index contributed by atoms with van der Waals surface area (Å²) in [4.78, 5) is 25.9. The van der Waals surface area contributed by atoms with Crippen molar-refractivity contribution < 1.29 is 9.59 Å². The molecule has 18 heavy (non-hydrogen) atoms. The van der Waals surface area contributed by atoms with Gasteiger partial charge in [0, 0.05) is 6.54 Å². The molecule has 1 rings (SSSR count). The average molecular weight is 254 g/mol. The third-order valence-electron chi connectivity index (χ3n) is 3.51. The summed E-state index contributed by atoms with van der Waals surface area (Å²) in [5, 5.41) is 2.77. The van der Waals surface area contributed by atoms with Crippen LogP contribution in [0.5, 0.6) is 0 Å². The van der Waals surface area contributed by atoms with E-state index in [0.29, 0.717) is 0 Å². The van der Waals surface area contributed by atoms with Crippen LogP contribution in [0.2, 0.25) is 0 Å². The van der Waals surface area contributed by atoms with Crippen molar-refractivity contribution in [3.05, 3.63) is 0 Å². The highest BCUT2D eigenvalue weighted by molar-refractivity contribution is 5.96. The first-order valence-electron chi connectivity index (χ1n) is 7.22. The topological polar surface area (TPSA) is 49.4 Å². The molecule has 0 aromatic heterocycles. The van der Waals surface area contributed by atoms with Gasteiger partial charge in [-0.25, -0.2) is 0 Å². The Morgan fingerprint density at radius 3 is 2.44 bits per heavy atom. The first-order chi connectivity index (χ1) is 8.61. The summed E-state index contributed by atoms with van der Waals surface area (Å²) in [5.41, 5.74) is 0. The fourth-order valence-electron chi connectivity index (χ4n) is 2.45. The van der Waals surface area contributed by atoms with Crippen LogP contribution in [0.4, 0.5) is 0 Å². The van der Waals surface area contributed by atoms with Crippen molar-refractivity contribution in [1.29, 1.82) is 0 Å². The predicted molar refractivity (Wildman–Crippen MR) is 72.2 cm³/mol. The zero-order valence-corrected chi connectivity index (χ0v) is 11.9. The van der Waals surface area contributed by atoms with Crippen molar-refractivity contribution in [3.63, 3.8) is 0 Å². The van der Waals surface area contributed by atoms with E-state index in [2.05, 4.69) is 12.2 Å². The molecule has 2 amide bonds. The number of amides is 2. The zero-order valence-electron chi connectivity index (χ0n) is 11.9. The van der Waals surface area contributed by atoms with Crippen molar-refractivity contribution in [3.8, 4) is 0 Å². The lowest BCUT2D eigenvalue weighted by atomic mass is 10.0. The van der Waals surface area contributed by atoms with Crippen LogP contribution in [0.15, 0.2) is 0 Å². The van der Waals surface area contributed by atoms with Gasteiger partial charge < -0.3 is 10.2 Å². The maximum atomic E-state index is 12.1. The molecule has 4 nitrogen and oxygen atoms in total. The summed E-state index contributed by atoms with van der Waals surface area (Å²) in [6.07, 6.45) is 6.20. The molecule has 2 atom stereocenters. The van der Waals surface area contributed by atoms with Crippen LogP contribution < -0.4 is 5.32 Å². The number of hydrogen-bond acceptors (Lipinski definition) is 2. The molecule has 0 aliphatic carbocycles. The predicted octanol–water partition coefficient (Wildman–Crippen LogP) is 2.08. The third-order valence-corrected chi connectivity index (χ3v) is 3.51. The fourth-order valence-corrected chi connectivity index (χ4v) is 2.45. The minimum Gasteiger partial charge on any atom is -0.343 e. The molecule has 0 saturated carbocycles. The SMILES string of the molecule is CCCCCCN1C(=O)C(C)NC(=O)C1CCC. The van der Waals surface area contributed by atoms with Gasteiger partial charge in [0.15, 0.2) is 0 Å². The van der Waals surface area contributed by atoms with E-state index in [0.717, 1.165) is 32.2 Å². The van der Waals surface area contributed by atoms with Crippen molar-refractivity contribution >= 4 is 11.8 Å². The van der Waals surface area contributed by atoms with Gasteiger partial charge in [-0.3, -0.25) is 9.59 Å². The van der Waals surface area contributed by atoms with E-state index in [-0.39, 0.29) is 23.9 Å². The first-order valence-corrected chi connectivity index (χ1v) is 7.22. The minimum absolute atomic E-state index is 0.0134. The molecule has 4 heteroatoms. The van der Waals surface area contributed by atoms with E-state index in [4.69, 9.17) is 0 Å². The van der Waals surface area contributed by atoms with Gasteiger partial charge in [0.25, 0.3) is 0 Å². The number of piperazine rings is 1. The van der Waals surface area contributed by atoms with Crippen LogP contribution in [-0.4, -0.2) is 35.3 Å². The molecule has 0 aromatic rings. The van der Waals surface area contributed by atoms with Crippen molar-refractivity contribution in [2.75, 3.05) is 6.54 Å². The Labute approximate surface area is 110 Å². The lowest BCUT2D eigenvalue weighted by molar-refractivity contribution is -0.149. The average Bonchev–Trinajstić information content (AvgIpc) is 2.34. The standard InChI is InChI=1S/C14H26N2O2/c1-4-6-7-8-10-16-12(9-5-2)13(17)15-11(3)14(16)18/h11-12H,4-10H2,1-3H3,(H,15,17). The van der Waals surface area contributed by atoms with E-state index >= 15 is 0 Å². The van der Waals surface area contributed by atoms with Crippen LogP contribution in [0.25, 0.3) is 0 Å². The molecule has 1 heterocycles. The van der Waals surface area contributed by atoms with Crippen molar-refractivity contribution in [2.45, 2.75) is 71.4 Å². The van der Waals surface area contributed by atoms with Gasteiger partial charge in [0.05, 0.1) is 0 Å². The van der Waals surface area contributed by atoms with Gasteiger partial charge in [-0.1, -0.05) is 39.5 Å². The molecule has 1 saturated heterocycles. The Kier molecular flexibility index (Phi) is 6.16. The largest absolute Gasteiger partial charge is 0.343 e. The van der Waals surface area contributed by atoms with Gasteiger partial charge >= 0.3 is 0 Å². The minimum atomic E-state index is -0.364. The molecular weight excluding hydrogens is 228 g/mol. The zero-order chi connectivity index (χ0) is 13.5. The number of rotatable bonds is 7. The third kappa shape index (κ3) is 3.72. The van der Waals surface area contributed by atoms with Gasteiger partial charge in [0.1, 0.15) is 12.1 Å². The Bertz CT molecular complexity index is 292. The number of carbonyl (C=O) groups is 2. The summed E-state index contributed by atoms with van der Waals surface area (Å²) >= 11 is 0.